The molecule has 0 spiro atoms. The molecule has 19 heteroatoms. The number of hydrogen-bond donors (Lipinski definition) is 3. The Labute approximate surface area is 207 Å². The summed E-state index contributed by atoms with van der Waals surface area (Å²) in [7, 11) is -11.1. The standard InChI is InChI=1S/C10H14N4O11P2.2Na/c15-6-4(1-23-27(21,22)25-26(18,19)20)24-10(7(6)16)14-3-13-5-8(14)11-2-12-9(5)17;;/h2-7,10,15-16H,1H2,(H,21,22)(H2,18,19,20);;/q;2*+1/p-2. The van der Waals surface area contributed by atoms with Crippen LogP contribution in [-0.4, -0.2) is 81.6 Å². The van der Waals surface area contributed by atoms with Crippen molar-refractivity contribution in [3.05, 3.63) is 0 Å². The molecule has 0 saturated carbocycles. The molecule has 15 nitrogen and oxygen atoms in total. The average molecular weight is 472 g/mol. The number of hydrogen-bond acceptors (Lipinski definition) is 13. The number of rotatable bonds is 6. The number of ether oxygens (including phenoxy) is 1. The number of carbonyl (C=O) groups is 1. The van der Waals surface area contributed by atoms with Gasteiger partial charge in [0.05, 0.1) is 20.8 Å². The molecule has 3 aliphatic rings. The van der Waals surface area contributed by atoms with Crippen LogP contribution in [0.15, 0.2) is 15.0 Å². The zero-order chi connectivity index (χ0) is 20.0. The molecular weight excluding hydrogens is 460 g/mol. The molecule has 29 heavy (non-hydrogen) atoms. The van der Waals surface area contributed by atoms with Crippen molar-refractivity contribution in [3.8, 4) is 0 Å². The first-order valence-corrected chi connectivity index (χ1v) is 10.1. The van der Waals surface area contributed by atoms with Gasteiger partial charge < -0.3 is 34.2 Å². The average Bonchev–Trinajstić information content (AvgIpc) is 3.07. The van der Waals surface area contributed by atoms with Gasteiger partial charge in [0.25, 0.3) is 5.91 Å². The SMILES string of the molecule is O=C1N=CN=C2C1N=CN2C1OC(COP(=O)(O)OP(=O)([O-])[O-])C(O)C1O.[Na+].[Na+]. The van der Waals surface area contributed by atoms with Gasteiger partial charge in [0, 0.05) is 0 Å². The molecule has 3 aliphatic heterocycles. The number of phosphoric acid groups is 2. The number of amides is 1. The van der Waals surface area contributed by atoms with Gasteiger partial charge in [-0.05, 0) is 0 Å². The maximum Gasteiger partial charge on any atom is 1.00 e. The van der Waals surface area contributed by atoms with Crippen LogP contribution in [0.5, 0.6) is 0 Å². The molecule has 3 N–H and O–H groups in total. The molecular formula is C10H12N4Na2O11P2. The van der Waals surface area contributed by atoms with E-state index in [0.29, 0.717) is 0 Å². The smallest absolute Gasteiger partial charge is 0.789 e. The fourth-order valence-electron chi connectivity index (χ4n) is 2.54. The molecule has 3 heterocycles. The summed E-state index contributed by atoms with van der Waals surface area (Å²) in [5.74, 6) is -0.507. The summed E-state index contributed by atoms with van der Waals surface area (Å²) in [4.78, 5) is 53.9. The molecule has 150 valence electrons. The van der Waals surface area contributed by atoms with E-state index in [1.165, 1.54) is 4.90 Å². The predicted molar refractivity (Wildman–Crippen MR) is 80.2 cm³/mol. The fourth-order valence-corrected chi connectivity index (χ4v) is 4.08. The summed E-state index contributed by atoms with van der Waals surface area (Å²) in [6.07, 6.45) is -3.79. The Bertz CT molecular complexity index is 819. The van der Waals surface area contributed by atoms with Gasteiger partial charge in [0.1, 0.15) is 30.5 Å². The molecule has 0 bridgehead atoms. The minimum atomic E-state index is -5.80. The minimum Gasteiger partial charge on any atom is -0.789 e. The number of phosphoric ester groups is 1. The van der Waals surface area contributed by atoms with Crippen molar-refractivity contribution in [2.75, 3.05) is 6.61 Å². The van der Waals surface area contributed by atoms with Gasteiger partial charge in [-0.3, -0.25) is 23.5 Å². The van der Waals surface area contributed by atoms with Gasteiger partial charge >= 0.3 is 66.9 Å². The van der Waals surface area contributed by atoms with E-state index in [9.17, 15) is 33.9 Å². The summed E-state index contributed by atoms with van der Waals surface area (Å²) in [5.41, 5.74) is 0. The zero-order valence-corrected chi connectivity index (χ0v) is 20.8. The van der Waals surface area contributed by atoms with E-state index < -0.39 is 58.7 Å². The first-order valence-electron chi connectivity index (χ1n) is 7.16. The number of aliphatic hydroxyl groups excluding tert-OH is 2. The summed E-state index contributed by atoms with van der Waals surface area (Å²) in [6, 6.07) is -1.02. The van der Waals surface area contributed by atoms with Crippen LogP contribution in [0.4, 0.5) is 0 Å². The van der Waals surface area contributed by atoms with Crippen molar-refractivity contribution >= 4 is 40.1 Å². The summed E-state index contributed by atoms with van der Waals surface area (Å²) in [6.45, 7) is -0.899. The third-order valence-corrected chi connectivity index (χ3v) is 5.78. The first-order chi connectivity index (χ1) is 12.5. The van der Waals surface area contributed by atoms with Crippen molar-refractivity contribution < 1.29 is 112 Å². The van der Waals surface area contributed by atoms with Crippen molar-refractivity contribution in [3.63, 3.8) is 0 Å². The maximum atomic E-state index is 11.6. The van der Waals surface area contributed by atoms with Crippen LogP contribution >= 0.6 is 15.6 Å². The molecule has 6 atom stereocenters. The molecule has 1 fully saturated rings. The Kier molecular flexibility index (Phi) is 10.0. The third kappa shape index (κ3) is 6.56. The molecule has 0 aromatic heterocycles. The number of fused-ring (bicyclic) bond motifs is 1. The fraction of sp³-hybridized carbons (Fsp3) is 0.600. The molecule has 6 unspecified atom stereocenters. The molecule has 1 amide bonds. The monoisotopic (exact) mass is 472 g/mol. The Balaban J connectivity index is 0.00000210. The van der Waals surface area contributed by atoms with E-state index in [-0.39, 0.29) is 65.0 Å². The van der Waals surface area contributed by atoms with Gasteiger partial charge in [-0.2, -0.15) is 4.99 Å². The van der Waals surface area contributed by atoms with E-state index in [1.807, 2.05) is 0 Å². The largest absolute Gasteiger partial charge is 1.00 e. The number of aliphatic imine (C=N–C) groups is 3. The van der Waals surface area contributed by atoms with Crippen LogP contribution in [0.2, 0.25) is 0 Å². The van der Waals surface area contributed by atoms with Gasteiger partial charge in [0.15, 0.2) is 12.3 Å². The van der Waals surface area contributed by atoms with Crippen LogP contribution in [0, 0.1) is 0 Å². The van der Waals surface area contributed by atoms with E-state index in [4.69, 9.17) is 9.63 Å². The number of amidine groups is 1. The van der Waals surface area contributed by atoms with Crippen molar-refractivity contribution in [1.82, 2.24) is 4.90 Å². The zero-order valence-electron chi connectivity index (χ0n) is 15.0. The topological polar surface area (TPSA) is 226 Å². The Hall–Kier alpha value is 0.620. The second-order valence-corrected chi connectivity index (χ2v) is 8.23. The van der Waals surface area contributed by atoms with E-state index in [0.717, 1.165) is 12.7 Å². The summed E-state index contributed by atoms with van der Waals surface area (Å²) >= 11 is 0. The van der Waals surface area contributed by atoms with Crippen LogP contribution in [0.3, 0.4) is 0 Å². The molecule has 0 aliphatic carbocycles. The van der Waals surface area contributed by atoms with Crippen molar-refractivity contribution in [2.24, 2.45) is 15.0 Å². The van der Waals surface area contributed by atoms with Gasteiger partial charge in [-0.1, -0.05) is 0 Å². The van der Waals surface area contributed by atoms with E-state index >= 15 is 0 Å². The van der Waals surface area contributed by atoms with Crippen LogP contribution < -0.4 is 68.9 Å². The molecule has 0 aromatic carbocycles. The molecule has 0 aromatic rings. The van der Waals surface area contributed by atoms with Gasteiger partial charge in [-0.25, -0.2) is 9.56 Å². The third-order valence-electron chi connectivity index (χ3n) is 3.67. The van der Waals surface area contributed by atoms with Gasteiger partial charge in [0.2, 0.25) is 0 Å². The van der Waals surface area contributed by atoms with Gasteiger partial charge in [-0.15, -0.1) is 0 Å². The van der Waals surface area contributed by atoms with Crippen molar-refractivity contribution in [2.45, 2.75) is 30.6 Å². The Morgan fingerprint density at radius 3 is 2.52 bits per heavy atom. The Morgan fingerprint density at radius 1 is 1.24 bits per heavy atom. The van der Waals surface area contributed by atoms with Crippen LogP contribution in [0.1, 0.15) is 0 Å². The number of aliphatic hydroxyl groups is 2. The predicted octanol–water partition coefficient (Wildman–Crippen LogP) is -9.92. The number of nitrogens with zero attached hydrogens (tertiary/aromatic N) is 4. The Morgan fingerprint density at radius 2 is 1.90 bits per heavy atom. The van der Waals surface area contributed by atoms with Crippen LogP contribution in [-0.2, 0) is 27.5 Å². The number of carbonyl (C=O) groups excluding carboxylic acids is 1. The molecule has 0 radical (unpaired) electrons. The summed E-state index contributed by atoms with van der Waals surface area (Å²) < 4.78 is 34.8. The normalized spacial score (nSPS) is 32.9. The second-order valence-electron chi connectivity index (χ2n) is 5.48. The van der Waals surface area contributed by atoms with E-state index in [2.05, 4.69) is 23.8 Å². The molecule has 1 saturated heterocycles. The first kappa shape index (κ1) is 27.7. The van der Waals surface area contributed by atoms with Crippen molar-refractivity contribution in [1.29, 1.82) is 0 Å². The second kappa shape index (κ2) is 10.5. The van der Waals surface area contributed by atoms with Crippen LogP contribution in [0.25, 0.3) is 0 Å². The molecule has 3 rings (SSSR count). The maximum absolute atomic E-state index is 11.6. The van der Waals surface area contributed by atoms with E-state index in [1.54, 1.807) is 0 Å². The summed E-state index contributed by atoms with van der Waals surface area (Å²) in [5, 5.41) is 20.2. The minimum absolute atomic E-state index is 0. The quantitative estimate of drug-likeness (QED) is 0.242.